The van der Waals surface area contributed by atoms with Gasteiger partial charge in [0.1, 0.15) is 0 Å². The second-order valence-corrected chi connectivity index (χ2v) is 6.22. The summed E-state index contributed by atoms with van der Waals surface area (Å²) in [7, 11) is 0. The summed E-state index contributed by atoms with van der Waals surface area (Å²) >= 11 is 1.63. The van der Waals surface area contributed by atoms with Gasteiger partial charge in [0.05, 0.1) is 5.69 Å². The third-order valence-corrected chi connectivity index (χ3v) is 4.93. The molecule has 0 saturated heterocycles. The van der Waals surface area contributed by atoms with Crippen molar-refractivity contribution in [1.29, 1.82) is 5.41 Å². The van der Waals surface area contributed by atoms with Gasteiger partial charge in [0, 0.05) is 27.4 Å². The Kier molecular flexibility index (Phi) is 2.21. The molecule has 0 unspecified atom stereocenters. The van der Waals surface area contributed by atoms with Gasteiger partial charge in [0.15, 0.2) is 16.3 Å². The molecule has 0 amide bonds. The number of benzene rings is 2. The van der Waals surface area contributed by atoms with Crippen LogP contribution in [-0.4, -0.2) is 14.4 Å². The summed E-state index contributed by atoms with van der Waals surface area (Å²) < 4.78 is 3.12. The van der Waals surface area contributed by atoms with Crippen LogP contribution in [0.1, 0.15) is 0 Å². The van der Waals surface area contributed by atoms with Gasteiger partial charge in [-0.1, -0.05) is 53.8 Å². The van der Waals surface area contributed by atoms with E-state index >= 15 is 0 Å². The molecule has 2 aliphatic rings. The number of nitrogens with one attached hydrogen (secondary N) is 1. The van der Waals surface area contributed by atoms with E-state index in [1.807, 2.05) is 40.9 Å². The number of rotatable bonds is 1. The number of aromatic nitrogens is 3. The fourth-order valence-corrected chi connectivity index (χ4v) is 3.90. The van der Waals surface area contributed by atoms with Crippen molar-refractivity contribution < 1.29 is 0 Å². The standard InChI is InChI=1S/C17H10N4S/c18-15-11-7-4-8-13-14(11)16(20-15)21-9-12(19-17(21)22-13)10-5-2-1-3-6-10/h1-9,18H. The first kappa shape index (κ1) is 11.8. The lowest BCUT2D eigenvalue weighted by molar-refractivity contribution is 1.09. The molecule has 104 valence electrons. The second kappa shape index (κ2) is 4.11. The maximum atomic E-state index is 8.07. The minimum atomic E-state index is 0.329. The molecule has 0 atom stereocenters. The monoisotopic (exact) mass is 302 g/mol. The predicted molar refractivity (Wildman–Crippen MR) is 87.5 cm³/mol. The van der Waals surface area contributed by atoms with Crippen molar-refractivity contribution in [3.63, 3.8) is 0 Å². The molecule has 4 nitrogen and oxygen atoms in total. The SMILES string of the molecule is N=c1nc2n3cc(-c4ccccc4)nc3sc3cccc1c3-2. The van der Waals surface area contributed by atoms with Gasteiger partial charge >= 0.3 is 0 Å². The van der Waals surface area contributed by atoms with Crippen LogP contribution in [0.5, 0.6) is 0 Å². The van der Waals surface area contributed by atoms with Crippen LogP contribution in [0.25, 0.3) is 37.7 Å². The first-order valence-electron chi connectivity index (χ1n) is 6.95. The Hall–Kier alpha value is -2.79. The topological polar surface area (TPSA) is 54.0 Å². The zero-order chi connectivity index (χ0) is 14.7. The smallest absolute Gasteiger partial charge is 0.196 e. The first-order chi connectivity index (χ1) is 10.8. The Morgan fingerprint density at radius 1 is 0.955 bits per heavy atom. The van der Waals surface area contributed by atoms with Crippen molar-refractivity contribution in [2.75, 3.05) is 0 Å². The number of imidazole rings is 1. The lowest BCUT2D eigenvalue weighted by atomic mass is 10.1. The van der Waals surface area contributed by atoms with E-state index in [1.54, 1.807) is 11.3 Å². The Morgan fingerprint density at radius 2 is 1.82 bits per heavy atom. The second-order valence-electron chi connectivity index (χ2n) is 5.21. The molecule has 3 heterocycles. The summed E-state index contributed by atoms with van der Waals surface area (Å²) in [6, 6.07) is 16.1. The van der Waals surface area contributed by atoms with Crippen molar-refractivity contribution in [2.24, 2.45) is 0 Å². The van der Waals surface area contributed by atoms with E-state index in [0.29, 0.717) is 5.49 Å². The van der Waals surface area contributed by atoms with E-state index in [4.69, 9.17) is 10.4 Å². The van der Waals surface area contributed by atoms with E-state index in [0.717, 1.165) is 37.7 Å². The highest BCUT2D eigenvalue weighted by molar-refractivity contribution is 7.22. The van der Waals surface area contributed by atoms with Gasteiger partial charge in [-0.25, -0.2) is 9.97 Å². The van der Waals surface area contributed by atoms with E-state index in [2.05, 4.69) is 23.2 Å². The summed E-state index contributed by atoms with van der Waals surface area (Å²) in [5.74, 6) is 0.819. The minimum Gasteiger partial charge on any atom is -0.282 e. The van der Waals surface area contributed by atoms with Crippen molar-refractivity contribution in [3.05, 3.63) is 60.2 Å². The van der Waals surface area contributed by atoms with Gasteiger partial charge < -0.3 is 0 Å². The lowest BCUT2D eigenvalue weighted by Crippen LogP contribution is -1.97. The molecule has 0 spiro atoms. The molecule has 0 aliphatic carbocycles. The largest absolute Gasteiger partial charge is 0.282 e. The highest BCUT2D eigenvalue weighted by Crippen LogP contribution is 2.35. The first-order valence-corrected chi connectivity index (χ1v) is 7.77. The van der Waals surface area contributed by atoms with Gasteiger partial charge in [-0.15, -0.1) is 0 Å². The number of hydrogen-bond donors (Lipinski definition) is 1. The lowest BCUT2D eigenvalue weighted by Gasteiger charge is -2.04. The molecule has 0 saturated carbocycles. The van der Waals surface area contributed by atoms with Crippen molar-refractivity contribution in [1.82, 2.24) is 14.4 Å². The maximum Gasteiger partial charge on any atom is 0.196 e. The average Bonchev–Trinajstić information content (AvgIpc) is 3.12. The summed E-state index contributed by atoms with van der Waals surface area (Å²) in [4.78, 5) is 10.1. The van der Waals surface area contributed by atoms with Crippen LogP contribution in [-0.2, 0) is 0 Å². The summed E-state index contributed by atoms with van der Waals surface area (Å²) in [5.41, 5.74) is 3.40. The summed E-state index contributed by atoms with van der Waals surface area (Å²) in [6.45, 7) is 0. The van der Waals surface area contributed by atoms with Gasteiger partial charge in [-0.2, -0.15) is 0 Å². The molecule has 1 N–H and O–H groups in total. The van der Waals surface area contributed by atoms with Crippen LogP contribution in [0.15, 0.2) is 54.7 Å². The van der Waals surface area contributed by atoms with Crippen LogP contribution in [0, 0.1) is 5.41 Å². The van der Waals surface area contributed by atoms with Gasteiger partial charge in [0.2, 0.25) is 0 Å². The Morgan fingerprint density at radius 3 is 2.68 bits per heavy atom. The zero-order valence-corrected chi connectivity index (χ0v) is 12.3. The molecule has 2 aromatic carbocycles. The normalized spacial score (nSPS) is 11.8. The highest BCUT2D eigenvalue weighted by Gasteiger charge is 2.20. The van der Waals surface area contributed by atoms with Crippen molar-refractivity contribution in [3.8, 4) is 22.6 Å². The molecule has 5 heteroatoms. The number of nitrogens with zero attached hydrogens (tertiary/aromatic N) is 3. The van der Waals surface area contributed by atoms with E-state index in [-0.39, 0.29) is 0 Å². The van der Waals surface area contributed by atoms with Gasteiger partial charge in [0.25, 0.3) is 0 Å². The van der Waals surface area contributed by atoms with E-state index < -0.39 is 0 Å². The Labute approximate surface area is 129 Å². The van der Waals surface area contributed by atoms with Crippen LogP contribution in [0.3, 0.4) is 0 Å². The Balaban J connectivity index is 1.91. The molecule has 0 bridgehead atoms. The van der Waals surface area contributed by atoms with Crippen LogP contribution in [0.2, 0.25) is 0 Å². The maximum absolute atomic E-state index is 8.07. The molecule has 5 rings (SSSR count). The van der Waals surface area contributed by atoms with Crippen molar-refractivity contribution in [2.45, 2.75) is 0 Å². The van der Waals surface area contributed by atoms with Gasteiger partial charge in [-0.3, -0.25) is 9.81 Å². The fourth-order valence-electron chi connectivity index (χ4n) is 2.87. The molecular formula is C17H10N4S. The highest BCUT2D eigenvalue weighted by atomic mass is 32.1. The minimum absolute atomic E-state index is 0.329. The fraction of sp³-hybridized carbons (Fsp3) is 0. The van der Waals surface area contributed by atoms with Crippen LogP contribution < -0.4 is 5.49 Å². The number of hydrogen-bond acceptors (Lipinski definition) is 4. The van der Waals surface area contributed by atoms with Crippen LogP contribution in [0.4, 0.5) is 0 Å². The molecule has 22 heavy (non-hydrogen) atoms. The molecular weight excluding hydrogens is 292 g/mol. The van der Waals surface area contributed by atoms with E-state index in [1.165, 1.54) is 0 Å². The van der Waals surface area contributed by atoms with E-state index in [9.17, 15) is 0 Å². The quantitative estimate of drug-likeness (QED) is 0.514. The third kappa shape index (κ3) is 1.48. The summed E-state index contributed by atoms with van der Waals surface area (Å²) in [5, 5.41) is 8.97. The average molecular weight is 302 g/mol. The third-order valence-electron chi connectivity index (χ3n) is 3.90. The summed E-state index contributed by atoms with van der Waals surface area (Å²) in [6.07, 6.45) is 2.01. The zero-order valence-electron chi connectivity index (χ0n) is 11.4. The van der Waals surface area contributed by atoms with Crippen molar-refractivity contribution >= 4 is 26.4 Å². The van der Waals surface area contributed by atoms with Crippen LogP contribution >= 0.6 is 11.3 Å². The predicted octanol–water partition coefficient (Wildman–Crippen LogP) is 3.63. The molecule has 0 fully saturated rings. The molecule has 0 radical (unpaired) electrons. The number of fused-ring (bicyclic) bond motifs is 2. The van der Waals surface area contributed by atoms with Gasteiger partial charge in [-0.05, 0) is 6.07 Å². The molecule has 2 aliphatic heterocycles. The Bertz CT molecular complexity index is 1140. The molecule has 1 aromatic heterocycles. The molecule has 3 aromatic rings.